The molecule has 0 aliphatic carbocycles. The van der Waals surface area contributed by atoms with Gasteiger partial charge in [0, 0.05) is 40.4 Å². The molecule has 0 aliphatic heterocycles. The maximum atomic E-state index is 6.05. The molecule has 0 fully saturated rings. The van der Waals surface area contributed by atoms with Gasteiger partial charge < -0.3 is 4.90 Å². The number of halogens is 2. The summed E-state index contributed by atoms with van der Waals surface area (Å²) in [4.78, 5) is 3.73. The first-order valence-corrected chi connectivity index (χ1v) is 8.42. The summed E-state index contributed by atoms with van der Waals surface area (Å²) in [5.74, 6) is 0.533. The standard InChI is InChI=1S/C15H17BrClNS/c1-11(8-14-4-3-7-19-14)18(2)15-6-5-13(16)9-12(15)10-17/h3-7,9,11H,8,10H2,1-2H3. The van der Waals surface area contributed by atoms with E-state index in [0.717, 1.165) is 16.5 Å². The minimum atomic E-state index is 0.446. The van der Waals surface area contributed by atoms with E-state index in [4.69, 9.17) is 11.6 Å². The Morgan fingerprint density at radius 3 is 2.79 bits per heavy atom. The van der Waals surface area contributed by atoms with Gasteiger partial charge in [-0.25, -0.2) is 0 Å². The van der Waals surface area contributed by atoms with Crippen LogP contribution in [0.15, 0.2) is 40.2 Å². The van der Waals surface area contributed by atoms with E-state index in [2.05, 4.69) is 70.5 Å². The second kappa shape index (κ2) is 6.78. The van der Waals surface area contributed by atoms with Gasteiger partial charge in [-0.3, -0.25) is 0 Å². The molecule has 0 saturated carbocycles. The molecule has 2 aromatic rings. The van der Waals surface area contributed by atoms with Crippen molar-refractivity contribution in [2.75, 3.05) is 11.9 Å². The van der Waals surface area contributed by atoms with Crippen LogP contribution in [0.5, 0.6) is 0 Å². The molecule has 2 rings (SSSR count). The first kappa shape index (κ1) is 14.9. The molecule has 1 aromatic heterocycles. The maximum Gasteiger partial charge on any atom is 0.0494 e. The zero-order chi connectivity index (χ0) is 13.8. The van der Waals surface area contributed by atoms with Gasteiger partial charge in [0.15, 0.2) is 0 Å². The van der Waals surface area contributed by atoms with Gasteiger partial charge in [-0.2, -0.15) is 0 Å². The Labute approximate surface area is 132 Å². The smallest absolute Gasteiger partial charge is 0.0494 e. The van der Waals surface area contributed by atoms with Crippen LogP contribution in [0.1, 0.15) is 17.4 Å². The van der Waals surface area contributed by atoms with E-state index in [-0.39, 0.29) is 0 Å². The normalized spacial score (nSPS) is 12.4. The van der Waals surface area contributed by atoms with E-state index in [9.17, 15) is 0 Å². The van der Waals surface area contributed by atoms with Crippen LogP contribution in [-0.4, -0.2) is 13.1 Å². The van der Waals surface area contributed by atoms with Crippen LogP contribution in [0.2, 0.25) is 0 Å². The van der Waals surface area contributed by atoms with Gasteiger partial charge in [-0.1, -0.05) is 22.0 Å². The van der Waals surface area contributed by atoms with Crippen molar-refractivity contribution in [3.05, 3.63) is 50.6 Å². The summed E-state index contributed by atoms with van der Waals surface area (Å²) in [6.45, 7) is 2.25. The van der Waals surface area contributed by atoms with E-state index >= 15 is 0 Å². The van der Waals surface area contributed by atoms with Gasteiger partial charge in [0.25, 0.3) is 0 Å². The number of alkyl halides is 1. The molecule has 1 heterocycles. The van der Waals surface area contributed by atoms with Gasteiger partial charge in [0.1, 0.15) is 0 Å². The fraction of sp³-hybridized carbons (Fsp3) is 0.333. The third kappa shape index (κ3) is 3.74. The van der Waals surface area contributed by atoms with Crippen LogP contribution >= 0.6 is 38.9 Å². The molecule has 0 amide bonds. The Hall–Kier alpha value is -0.510. The second-order valence-corrected chi connectivity index (χ2v) is 6.87. The lowest BCUT2D eigenvalue weighted by Gasteiger charge is -2.28. The van der Waals surface area contributed by atoms with Gasteiger partial charge in [0.05, 0.1) is 0 Å². The van der Waals surface area contributed by atoms with Crippen molar-refractivity contribution in [2.45, 2.75) is 25.3 Å². The number of hydrogen-bond acceptors (Lipinski definition) is 2. The molecule has 0 radical (unpaired) electrons. The Morgan fingerprint density at radius 2 is 2.16 bits per heavy atom. The van der Waals surface area contributed by atoms with Crippen LogP contribution in [0.4, 0.5) is 5.69 Å². The quantitative estimate of drug-likeness (QED) is 0.654. The fourth-order valence-corrected chi connectivity index (χ4v) is 3.55. The molecule has 102 valence electrons. The first-order chi connectivity index (χ1) is 9.11. The maximum absolute atomic E-state index is 6.05. The molecule has 1 nitrogen and oxygen atoms in total. The third-order valence-corrected chi connectivity index (χ3v) is 4.98. The monoisotopic (exact) mass is 357 g/mol. The van der Waals surface area contributed by atoms with E-state index < -0.39 is 0 Å². The van der Waals surface area contributed by atoms with Crippen LogP contribution in [0.3, 0.4) is 0 Å². The third-order valence-electron chi connectivity index (χ3n) is 3.30. The molecular formula is C15H17BrClNS. The summed E-state index contributed by atoms with van der Waals surface area (Å²) in [5, 5.41) is 2.13. The van der Waals surface area contributed by atoms with Gasteiger partial charge in [0.2, 0.25) is 0 Å². The molecule has 0 aliphatic rings. The highest BCUT2D eigenvalue weighted by molar-refractivity contribution is 9.10. The van der Waals surface area contributed by atoms with Crippen molar-refractivity contribution in [3.63, 3.8) is 0 Å². The van der Waals surface area contributed by atoms with Crippen molar-refractivity contribution >= 4 is 44.6 Å². The molecule has 1 atom stereocenters. The number of rotatable bonds is 5. The van der Waals surface area contributed by atoms with Gasteiger partial charge in [-0.15, -0.1) is 22.9 Å². The highest BCUT2D eigenvalue weighted by Gasteiger charge is 2.14. The summed E-state index contributed by atoms with van der Waals surface area (Å²) in [6.07, 6.45) is 1.06. The molecule has 1 unspecified atom stereocenters. The number of hydrogen-bond donors (Lipinski definition) is 0. The van der Waals surface area contributed by atoms with Gasteiger partial charge in [-0.05, 0) is 42.1 Å². The summed E-state index contributed by atoms with van der Waals surface area (Å²) in [7, 11) is 2.14. The number of thiophene rings is 1. The number of nitrogens with zero attached hydrogens (tertiary/aromatic N) is 1. The summed E-state index contributed by atoms with van der Waals surface area (Å²) >= 11 is 11.4. The van der Waals surface area contributed by atoms with E-state index in [1.807, 2.05) is 11.3 Å². The Morgan fingerprint density at radius 1 is 1.37 bits per heavy atom. The highest BCUT2D eigenvalue weighted by Crippen LogP contribution is 2.27. The number of benzene rings is 1. The topological polar surface area (TPSA) is 3.24 Å². The lowest BCUT2D eigenvalue weighted by molar-refractivity contribution is 0.686. The molecule has 0 spiro atoms. The molecular weight excluding hydrogens is 342 g/mol. The SMILES string of the molecule is CC(Cc1cccs1)N(C)c1ccc(Br)cc1CCl. The zero-order valence-corrected chi connectivity index (χ0v) is 14.2. The molecule has 4 heteroatoms. The Kier molecular flexibility index (Phi) is 5.31. The lowest BCUT2D eigenvalue weighted by atomic mass is 10.1. The second-order valence-electron chi connectivity index (χ2n) is 4.65. The average molecular weight is 359 g/mol. The minimum absolute atomic E-state index is 0.446. The van der Waals surface area contributed by atoms with E-state index in [1.54, 1.807) is 0 Å². The van der Waals surface area contributed by atoms with Crippen molar-refractivity contribution < 1.29 is 0 Å². The van der Waals surface area contributed by atoms with Crippen LogP contribution in [-0.2, 0) is 12.3 Å². The fourth-order valence-electron chi connectivity index (χ4n) is 2.10. The molecule has 19 heavy (non-hydrogen) atoms. The molecule has 1 aromatic carbocycles. The van der Waals surface area contributed by atoms with Crippen molar-refractivity contribution in [1.82, 2.24) is 0 Å². The predicted molar refractivity (Wildman–Crippen MR) is 89.6 cm³/mol. The van der Waals surface area contributed by atoms with E-state index in [1.165, 1.54) is 10.6 Å². The average Bonchev–Trinajstić information content (AvgIpc) is 2.90. The first-order valence-electron chi connectivity index (χ1n) is 6.21. The predicted octanol–water partition coefficient (Wildman–Crippen LogP) is 5.32. The largest absolute Gasteiger partial charge is 0.371 e. The van der Waals surface area contributed by atoms with Gasteiger partial charge >= 0.3 is 0 Å². The van der Waals surface area contributed by atoms with Crippen LogP contribution in [0, 0.1) is 0 Å². The zero-order valence-electron chi connectivity index (χ0n) is 11.1. The molecule has 0 N–H and O–H groups in total. The Balaban J connectivity index is 2.16. The molecule has 0 bridgehead atoms. The van der Waals surface area contributed by atoms with Crippen molar-refractivity contribution in [1.29, 1.82) is 0 Å². The molecule has 0 saturated heterocycles. The summed E-state index contributed by atoms with van der Waals surface area (Å²) < 4.78 is 1.08. The Bertz CT molecular complexity index is 527. The highest BCUT2D eigenvalue weighted by atomic mass is 79.9. The number of anilines is 1. The summed E-state index contributed by atoms with van der Waals surface area (Å²) in [6, 6.07) is 11.0. The van der Waals surface area contributed by atoms with E-state index in [0.29, 0.717) is 11.9 Å². The number of likely N-dealkylation sites (N-methyl/N-ethyl adjacent to an activating group) is 1. The lowest BCUT2D eigenvalue weighted by Crippen LogP contribution is -2.31. The summed E-state index contributed by atoms with van der Waals surface area (Å²) in [5.41, 5.74) is 2.37. The minimum Gasteiger partial charge on any atom is -0.371 e. The van der Waals surface area contributed by atoms with Crippen molar-refractivity contribution in [3.8, 4) is 0 Å². The van der Waals surface area contributed by atoms with Crippen LogP contribution < -0.4 is 4.90 Å². The van der Waals surface area contributed by atoms with Crippen molar-refractivity contribution in [2.24, 2.45) is 0 Å². The van der Waals surface area contributed by atoms with Crippen LogP contribution in [0.25, 0.3) is 0 Å².